The van der Waals surface area contributed by atoms with Crippen molar-refractivity contribution in [3.05, 3.63) is 56.5 Å². The zero-order valence-electron chi connectivity index (χ0n) is 11.7. The van der Waals surface area contributed by atoms with E-state index in [9.17, 15) is 5.26 Å². The van der Waals surface area contributed by atoms with E-state index in [-0.39, 0.29) is 11.8 Å². The van der Waals surface area contributed by atoms with Crippen LogP contribution in [0.3, 0.4) is 0 Å². The van der Waals surface area contributed by atoms with E-state index in [1.54, 1.807) is 12.1 Å². The lowest BCUT2D eigenvalue weighted by atomic mass is 9.84. The molecule has 5 nitrogen and oxygen atoms in total. The van der Waals surface area contributed by atoms with Gasteiger partial charge in [0.1, 0.15) is 11.6 Å². The summed E-state index contributed by atoms with van der Waals surface area (Å²) in [5.41, 5.74) is 8.73. The van der Waals surface area contributed by atoms with E-state index >= 15 is 0 Å². The number of nitriles is 1. The molecule has 0 amide bonds. The standard InChI is InChI=1S/C15H12Cl2N4O/c1-2-11-13-12(7-3-4-9(16)10(17)5-7)8(6-18)14(19)22-15(13)21-20-11/h3-5,12H,2,19H2,1H3,(H,20,21)/t12-/m1/s1. The highest BCUT2D eigenvalue weighted by Gasteiger charge is 2.34. The van der Waals surface area contributed by atoms with Crippen LogP contribution in [0.4, 0.5) is 0 Å². The first kappa shape index (κ1) is 14.8. The fourth-order valence-electron chi connectivity index (χ4n) is 2.60. The number of nitrogens with one attached hydrogen (secondary N) is 1. The normalized spacial score (nSPS) is 16.9. The lowest BCUT2D eigenvalue weighted by Gasteiger charge is -2.24. The van der Waals surface area contributed by atoms with Crippen LogP contribution in [0.25, 0.3) is 0 Å². The summed E-state index contributed by atoms with van der Waals surface area (Å²) in [6.07, 6.45) is 0.724. The molecule has 3 N–H and O–H groups in total. The fourth-order valence-corrected chi connectivity index (χ4v) is 2.91. The summed E-state index contributed by atoms with van der Waals surface area (Å²) in [6.45, 7) is 1.99. The van der Waals surface area contributed by atoms with Gasteiger partial charge in [-0.15, -0.1) is 5.10 Å². The van der Waals surface area contributed by atoms with E-state index in [0.717, 1.165) is 23.2 Å². The molecule has 7 heteroatoms. The molecule has 0 unspecified atom stereocenters. The molecule has 0 fully saturated rings. The number of rotatable bonds is 2. The number of halogens is 2. The number of aromatic amines is 1. The zero-order valence-corrected chi connectivity index (χ0v) is 13.2. The van der Waals surface area contributed by atoms with Crippen molar-refractivity contribution in [3.8, 4) is 11.9 Å². The Morgan fingerprint density at radius 3 is 2.82 bits per heavy atom. The van der Waals surface area contributed by atoms with Crippen LogP contribution in [0.15, 0.2) is 29.7 Å². The predicted octanol–water partition coefficient (Wildman–Crippen LogP) is 3.50. The summed E-state index contributed by atoms with van der Waals surface area (Å²) in [6, 6.07) is 7.39. The number of allylic oxidation sites excluding steroid dienone is 1. The first-order chi connectivity index (χ1) is 10.6. The molecule has 0 saturated heterocycles. The first-order valence-electron chi connectivity index (χ1n) is 6.66. The van der Waals surface area contributed by atoms with Crippen LogP contribution < -0.4 is 10.5 Å². The van der Waals surface area contributed by atoms with Crippen molar-refractivity contribution in [2.24, 2.45) is 5.73 Å². The lowest BCUT2D eigenvalue weighted by molar-refractivity contribution is 0.378. The zero-order chi connectivity index (χ0) is 15.9. The SMILES string of the molecule is CCc1[nH]nc2c1[C@H](c1ccc(Cl)c(Cl)c1)C(C#N)=C(N)O2. The summed E-state index contributed by atoms with van der Waals surface area (Å²) >= 11 is 12.1. The molecular formula is C15H12Cl2N4O. The van der Waals surface area contributed by atoms with Crippen LogP contribution in [0.5, 0.6) is 5.88 Å². The van der Waals surface area contributed by atoms with Crippen molar-refractivity contribution in [3.63, 3.8) is 0 Å². The molecule has 1 atom stereocenters. The third kappa shape index (κ3) is 2.21. The number of hydrogen-bond donors (Lipinski definition) is 2. The Balaban J connectivity index is 2.24. The summed E-state index contributed by atoms with van der Waals surface area (Å²) in [4.78, 5) is 0. The molecule has 1 aliphatic heterocycles. The average molecular weight is 335 g/mol. The van der Waals surface area contributed by atoms with E-state index in [2.05, 4.69) is 16.3 Å². The minimum Gasteiger partial charge on any atom is -0.420 e. The number of benzene rings is 1. The van der Waals surface area contributed by atoms with Gasteiger partial charge in [-0.25, -0.2) is 0 Å². The predicted molar refractivity (Wildman–Crippen MR) is 83.7 cm³/mol. The van der Waals surface area contributed by atoms with Gasteiger partial charge in [0.25, 0.3) is 0 Å². The molecule has 2 heterocycles. The first-order valence-corrected chi connectivity index (χ1v) is 7.42. The molecule has 112 valence electrons. The van der Waals surface area contributed by atoms with E-state index in [1.165, 1.54) is 0 Å². The van der Waals surface area contributed by atoms with Gasteiger partial charge in [-0.1, -0.05) is 36.2 Å². The quantitative estimate of drug-likeness (QED) is 0.879. The molecular weight excluding hydrogens is 323 g/mol. The van der Waals surface area contributed by atoms with Crippen molar-refractivity contribution in [1.82, 2.24) is 10.2 Å². The molecule has 0 aliphatic carbocycles. The van der Waals surface area contributed by atoms with Crippen LogP contribution in [-0.4, -0.2) is 10.2 Å². The van der Waals surface area contributed by atoms with Gasteiger partial charge < -0.3 is 10.5 Å². The maximum atomic E-state index is 9.49. The minimum absolute atomic E-state index is 0.0558. The highest BCUT2D eigenvalue weighted by atomic mass is 35.5. The molecule has 1 aliphatic rings. The number of ether oxygens (including phenoxy) is 1. The number of nitrogens with two attached hydrogens (primary N) is 1. The average Bonchev–Trinajstić information content (AvgIpc) is 2.91. The summed E-state index contributed by atoms with van der Waals surface area (Å²) in [7, 11) is 0. The second-order valence-corrected chi connectivity index (χ2v) is 5.69. The number of H-pyrrole nitrogens is 1. The lowest BCUT2D eigenvalue weighted by Crippen LogP contribution is -2.21. The van der Waals surface area contributed by atoms with Crippen molar-refractivity contribution < 1.29 is 4.74 Å². The third-order valence-electron chi connectivity index (χ3n) is 3.65. The van der Waals surface area contributed by atoms with E-state index in [0.29, 0.717) is 21.5 Å². The molecule has 3 rings (SSSR count). The highest BCUT2D eigenvalue weighted by molar-refractivity contribution is 6.42. The van der Waals surface area contributed by atoms with Gasteiger partial charge in [-0.2, -0.15) is 5.26 Å². The van der Waals surface area contributed by atoms with Crippen molar-refractivity contribution in [2.45, 2.75) is 19.3 Å². The van der Waals surface area contributed by atoms with Crippen LogP contribution in [0, 0.1) is 11.3 Å². The van der Waals surface area contributed by atoms with Gasteiger partial charge in [0.05, 0.1) is 16.0 Å². The fraction of sp³-hybridized carbons (Fsp3) is 0.200. The molecule has 0 bridgehead atoms. The maximum Gasteiger partial charge on any atom is 0.244 e. The van der Waals surface area contributed by atoms with Crippen LogP contribution >= 0.6 is 23.2 Å². The Labute approximate surface area is 137 Å². The Kier molecular flexibility index (Phi) is 3.73. The number of hydrogen-bond acceptors (Lipinski definition) is 4. The van der Waals surface area contributed by atoms with Crippen molar-refractivity contribution in [1.29, 1.82) is 5.26 Å². The smallest absolute Gasteiger partial charge is 0.244 e. The van der Waals surface area contributed by atoms with Gasteiger partial charge >= 0.3 is 0 Å². The van der Waals surface area contributed by atoms with Crippen molar-refractivity contribution >= 4 is 23.2 Å². The highest BCUT2D eigenvalue weighted by Crippen LogP contribution is 2.43. The number of nitrogens with zero attached hydrogens (tertiary/aromatic N) is 2. The Morgan fingerprint density at radius 2 is 2.18 bits per heavy atom. The third-order valence-corrected chi connectivity index (χ3v) is 4.39. The van der Waals surface area contributed by atoms with Gasteiger partial charge in [-0.3, -0.25) is 5.10 Å². The minimum atomic E-state index is -0.378. The number of fused-ring (bicyclic) bond motifs is 1. The Hall–Kier alpha value is -2.16. The van der Waals surface area contributed by atoms with Gasteiger partial charge in [0, 0.05) is 11.3 Å². The number of aryl methyl sites for hydroxylation is 1. The summed E-state index contributed by atoms with van der Waals surface area (Å²) < 4.78 is 5.46. The van der Waals surface area contributed by atoms with Crippen LogP contribution in [0.1, 0.15) is 29.7 Å². The Morgan fingerprint density at radius 1 is 1.41 bits per heavy atom. The molecule has 1 aromatic heterocycles. The van der Waals surface area contributed by atoms with E-state index in [4.69, 9.17) is 33.7 Å². The monoisotopic (exact) mass is 334 g/mol. The van der Waals surface area contributed by atoms with Gasteiger partial charge in [0.15, 0.2) is 0 Å². The largest absolute Gasteiger partial charge is 0.420 e. The van der Waals surface area contributed by atoms with Gasteiger partial charge in [0.2, 0.25) is 11.8 Å². The second-order valence-electron chi connectivity index (χ2n) is 4.87. The molecule has 22 heavy (non-hydrogen) atoms. The second kappa shape index (κ2) is 5.56. The van der Waals surface area contributed by atoms with Crippen LogP contribution in [-0.2, 0) is 6.42 Å². The van der Waals surface area contributed by atoms with E-state index in [1.807, 2.05) is 13.0 Å². The molecule has 0 spiro atoms. The summed E-state index contributed by atoms with van der Waals surface area (Å²) in [5, 5.41) is 17.4. The maximum absolute atomic E-state index is 9.49. The molecule has 0 radical (unpaired) electrons. The van der Waals surface area contributed by atoms with E-state index < -0.39 is 0 Å². The van der Waals surface area contributed by atoms with Crippen molar-refractivity contribution in [2.75, 3.05) is 0 Å². The summed E-state index contributed by atoms with van der Waals surface area (Å²) in [5.74, 6) is 0.0712. The molecule has 2 aromatic rings. The topological polar surface area (TPSA) is 87.7 Å². The number of aromatic nitrogens is 2. The van der Waals surface area contributed by atoms with Gasteiger partial charge in [-0.05, 0) is 24.1 Å². The Bertz CT molecular complexity index is 819. The molecule has 0 saturated carbocycles. The molecule has 1 aromatic carbocycles. The van der Waals surface area contributed by atoms with Crippen LogP contribution in [0.2, 0.25) is 10.0 Å².